The first-order valence-electron chi connectivity index (χ1n) is 6.20. The normalized spacial score (nSPS) is 11.2. The molecule has 2 rings (SSSR count). The summed E-state index contributed by atoms with van der Waals surface area (Å²) in [4.78, 5) is 12.1. The van der Waals surface area contributed by atoms with Crippen molar-refractivity contribution in [2.45, 2.75) is 12.2 Å². The molecule has 20 heavy (non-hydrogen) atoms. The number of rotatable bonds is 5. The van der Waals surface area contributed by atoms with Crippen LogP contribution in [0.3, 0.4) is 0 Å². The Morgan fingerprint density at radius 3 is 2.20 bits per heavy atom. The molecule has 4 heteroatoms. The third-order valence-corrected chi connectivity index (χ3v) is 3.01. The fraction of sp³-hybridized carbons (Fsp3) is 0.188. The lowest BCUT2D eigenvalue weighted by Gasteiger charge is -2.20. The minimum atomic E-state index is -2.42. The Bertz CT molecular complexity index is 573. The van der Waals surface area contributed by atoms with Gasteiger partial charge in [0.05, 0.1) is 7.11 Å². The molecule has 0 spiro atoms. The van der Waals surface area contributed by atoms with Gasteiger partial charge in [-0.1, -0.05) is 42.5 Å². The van der Waals surface area contributed by atoms with Gasteiger partial charge in [0.2, 0.25) is 11.6 Å². The molecule has 0 saturated heterocycles. The maximum atomic E-state index is 12.1. The zero-order valence-electron chi connectivity index (χ0n) is 11.1. The van der Waals surface area contributed by atoms with Crippen LogP contribution in [0.4, 0.5) is 0 Å². The van der Waals surface area contributed by atoms with Crippen LogP contribution < -0.4 is 4.74 Å². The average molecular weight is 272 g/mol. The highest BCUT2D eigenvalue weighted by Gasteiger charge is 2.34. The second kappa shape index (κ2) is 5.86. The fourth-order valence-electron chi connectivity index (χ4n) is 1.93. The van der Waals surface area contributed by atoms with Crippen molar-refractivity contribution >= 4 is 5.78 Å². The molecule has 4 nitrogen and oxygen atoms in total. The molecule has 0 fully saturated rings. The molecule has 0 unspecified atom stereocenters. The van der Waals surface area contributed by atoms with Crippen molar-refractivity contribution in [1.82, 2.24) is 0 Å². The van der Waals surface area contributed by atoms with Gasteiger partial charge in [-0.3, -0.25) is 4.79 Å². The summed E-state index contributed by atoms with van der Waals surface area (Å²) < 4.78 is 5.02. The van der Waals surface area contributed by atoms with Crippen LogP contribution in [-0.4, -0.2) is 28.9 Å². The standard InChI is InChI=1S/C16H16O4/c1-20-14-9-7-12(8-10-14)11-16(18,19)15(17)13-5-3-2-4-6-13/h2-10,18-19H,11H2,1H3. The monoisotopic (exact) mass is 272 g/mol. The van der Waals surface area contributed by atoms with Crippen molar-refractivity contribution in [3.63, 3.8) is 0 Å². The predicted octanol–water partition coefficient (Wildman–Crippen LogP) is 1.80. The Morgan fingerprint density at radius 1 is 1.05 bits per heavy atom. The van der Waals surface area contributed by atoms with E-state index in [1.54, 1.807) is 61.7 Å². The molecule has 2 aromatic carbocycles. The highest BCUT2D eigenvalue weighted by atomic mass is 16.5. The van der Waals surface area contributed by atoms with Crippen LogP contribution in [0.5, 0.6) is 5.75 Å². The molecule has 0 heterocycles. The molecule has 104 valence electrons. The predicted molar refractivity (Wildman–Crippen MR) is 74.6 cm³/mol. The van der Waals surface area contributed by atoms with Crippen molar-refractivity contribution in [2.75, 3.05) is 7.11 Å². The maximum Gasteiger partial charge on any atom is 0.232 e. The van der Waals surface area contributed by atoms with Gasteiger partial charge in [0.1, 0.15) is 5.75 Å². The van der Waals surface area contributed by atoms with E-state index in [-0.39, 0.29) is 12.0 Å². The first-order chi connectivity index (χ1) is 9.53. The molecule has 0 aromatic heterocycles. The molecule has 2 aromatic rings. The number of hydrogen-bond acceptors (Lipinski definition) is 4. The minimum Gasteiger partial charge on any atom is -0.497 e. The fourth-order valence-corrected chi connectivity index (χ4v) is 1.93. The van der Waals surface area contributed by atoms with Gasteiger partial charge in [0.15, 0.2) is 0 Å². The van der Waals surface area contributed by atoms with Crippen LogP contribution >= 0.6 is 0 Å². The molecule has 0 radical (unpaired) electrons. The van der Waals surface area contributed by atoms with Crippen molar-refractivity contribution in [3.05, 3.63) is 65.7 Å². The summed E-state index contributed by atoms with van der Waals surface area (Å²) in [6.45, 7) is 0. The van der Waals surface area contributed by atoms with E-state index in [0.29, 0.717) is 11.3 Å². The van der Waals surface area contributed by atoms with E-state index in [9.17, 15) is 15.0 Å². The second-order valence-electron chi connectivity index (χ2n) is 4.54. The zero-order chi connectivity index (χ0) is 14.6. The lowest BCUT2D eigenvalue weighted by atomic mass is 9.97. The van der Waals surface area contributed by atoms with Gasteiger partial charge in [-0.05, 0) is 17.7 Å². The maximum absolute atomic E-state index is 12.1. The third-order valence-electron chi connectivity index (χ3n) is 3.01. The Morgan fingerprint density at radius 2 is 1.65 bits per heavy atom. The summed E-state index contributed by atoms with van der Waals surface area (Å²) in [7, 11) is 1.55. The molecule has 2 N–H and O–H groups in total. The second-order valence-corrected chi connectivity index (χ2v) is 4.54. The number of hydrogen-bond donors (Lipinski definition) is 2. The van der Waals surface area contributed by atoms with E-state index < -0.39 is 11.6 Å². The SMILES string of the molecule is COc1ccc(CC(O)(O)C(=O)c2ccccc2)cc1. The Balaban J connectivity index is 2.15. The van der Waals surface area contributed by atoms with Gasteiger partial charge in [-0.15, -0.1) is 0 Å². The number of carbonyl (C=O) groups is 1. The van der Waals surface area contributed by atoms with Crippen LogP contribution in [0.2, 0.25) is 0 Å². The number of methoxy groups -OCH3 is 1. The Kier molecular flexibility index (Phi) is 4.17. The van der Waals surface area contributed by atoms with Gasteiger partial charge < -0.3 is 14.9 Å². The molecule has 0 amide bonds. The van der Waals surface area contributed by atoms with Crippen LogP contribution in [0.15, 0.2) is 54.6 Å². The summed E-state index contributed by atoms with van der Waals surface area (Å²) in [6, 6.07) is 15.0. The summed E-state index contributed by atoms with van der Waals surface area (Å²) in [5.74, 6) is -2.46. The van der Waals surface area contributed by atoms with Crippen molar-refractivity contribution < 1.29 is 19.7 Å². The van der Waals surface area contributed by atoms with Crippen molar-refractivity contribution in [2.24, 2.45) is 0 Å². The van der Waals surface area contributed by atoms with E-state index in [4.69, 9.17) is 4.74 Å². The Labute approximate surface area is 117 Å². The van der Waals surface area contributed by atoms with E-state index in [2.05, 4.69) is 0 Å². The quantitative estimate of drug-likeness (QED) is 0.643. The highest BCUT2D eigenvalue weighted by molar-refractivity contribution is 6.01. The average Bonchev–Trinajstić information content (AvgIpc) is 2.48. The molecular weight excluding hydrogens is 256 g/mol. The van der Waals surface area contributed by atoms with Crippen LogP contribution in [0.25, 0.3) is 0 Å². The minimum absolute atomic E-state index is 0.176. The topological polar surface area (TPSA) is 66.8 Å². The Hall–Kier alpha value is -2.17. The first kappa shape index (κ1) is 14.2. The van der Waals surface area contributed by atoms with Crippen molar-refractivity contribution in [1.29, 1.82) is 0 Å². The molecule has 0 atom stereocenters. The molecule has 0 aliphatic rings. The van der Waals surface area contributed by atoms with Gasteiger partial charge >= 0.3 is 0 Å². The first-order valence-corrected chi connectivity index (χ1v) is 6.20. The highest BCUT2D eigenvalue weighted by Crippen LogP contribution is 2.19. The van der Waals surface area contributed by atoms with Crippen LogP contribution in [-0.2, 0) is 6.42 Å². The molecular formula is C16H16O4. The smallest absolute Gasteiger partial charge is 0.232 e. The van der Waals surface area contributed by atoms with E-state index in [1.807, 2.05) is 0 Å². The summed E-state index contributed by atoms with van der Waals surface area (Å²) >= 11 is 0. The number of Topliss-reactive ketones (excluding diaryl/α,β-unsaturated/α-hetero) is 1. The number of aliphatic hydroxyl groups is 2. The molecule has 0 saturated carbocycles. The summed E-state index contributed by atoms with van der Waals surface area (Å²) in [6.07, 6.45) is -0.176. The number of ketones is 1. The summed E-state index contributed by atoms with van der Waals surface area (Å²) in [5, 5.41) is 20.0. The van der Waals surface area contributed by atoms with Crippen LogP contribution in [0.1, 0.15) is 15.9 Å². The van der Waals surface area contributed by atoms with Crippen LogP contribution in [0, 0.1) is 0 Å². The van der Waals surface area contributed by atoms with Crippen molar-refractivity contribution in [3.8, 4) is 5.75 Å². The van der Waals surface area contributed by atoms with Gasteiger partial charge in [-0.2, -0.15) is 0 Å². The van der Waals surface area contributed by atoms with E-state index >= 15 is 0 Å². The molecule has 0 bridgehead atoms. The summed E-state index contributed by atoms with van der Waals surface area (Å²) in [5.41, 5.74) is 0.908. The van der Waals surface area contributed by atoms with Gasteiger partial charge in [0.25, 0.3) is 0 Å². The molecule has 0 aliphatic carbocycles. The van der Waals surface area contributed by atoms with Gasteiger partial charge in [0, 0.05) is 12.0 Å². The number of carbonyl (C=O) groups excluding carboxylic acids is 1. The largest absolute Gasteiger partial charge is 0.497 e. The lowest BCUT2D eigenvalue weighted by Crippen LogP contribution is -2.40. The zero-order valence-corrected chi connectivity index (χ0v) is 11.1. The molecule has 0 aliphatic heterocycles. The lowest BCUT2D eigenvalue weighted by molar-refractivity contribution is -0.120. The van der Waals surface area contributed by atoms with E-state index in [1.165, 1.54) is 0 Å². The third kappa shape index (κ3) is 3.23. The number of ether oxygens (including phenoxy) is 1. The number of benzene rings is 2. The van der Waals surface area contributed by atoms with Gasteiger partial charge in [-0.25, -0.2) is 0 Å². The van der Waals surface area contributed by atoms with E-state index in [0.717, 1.165) is 0 Å².